The molecule has 0 aliphatic heterocycles. The van der Waals surface area contributed by atoms with E-state index in [0.717, 1.165) is 0 Å². The van der Waals surface area contributed by atoms with Crippen LogP contribution in [0.4, 0.5) is 0 Å². The Morgan fingerprint density at radius 3 is 1.15 bits per heavy atom. The largest absolute Gasteiger partial charge is 1.00 e. The van der Waals surface area contributed by atoms with Gasteiger partial charge in [0.2, 0.25) is 0 Å². The van der Waals surface area contributed by atoms with E-state index >= 15 is 0 Å². The van der Waals surface area contributed by atoms with E-state index in [1.165, 1.54) is 46.9 Å². The van der Waals surface area contributed by atoms with E-state index in [1.807, 2.05) is 0 Å². The molecular formula is C32H40Li2. The van der Waals surface area contributed by atoms with E-state index in [9.17, 15) is 0 Å². The maximum atomic E-state index is 2.45. The first-order valence-electron chi connectivity index (χ1n) is 12.4. The molecule has 0 radical (unpaired) electrons. The molecule has 0 saturated carbocycles. The summed E-state index contributed by atoms with van der Waals surface area (Å²) in [7, 11) is 0. The summed E-state index contributed by atoms with van der Waals surface area (Å²) < 4.78 is 0. The van der Waals surface area contributed by atoms with Crippen LogP contribution in [0.25, 0.3) is 0 Å². The van der Waals surface area contributed by atoms with E-state index in [4.69, 9.17) is 0 Å². The van der Waals surface area contributed by atoms with Crippen molar-refractivity contribution in [1.82, 2.24) is 0 Å². The Hall–Kier alpha value is -1.41. The van der Waals surface area contributed by atoms with Gasteiger partial charge in [-0.05, 0) is 23.7 Å². The van der Waals surface area contributed by atoms with Crippen LogP contribution in [0.2, 0.25) is 0 Å². The molecule has 0 nitrogen and oxygen atoms in total. The molecular weight excluding hydrogens is 398 g/mol. The summed E-state index contributed by atoms with van der Waals surface area (Å²) in [5.41, 5.74) is 5.39. The molecule has 0 N–H and O–H groups in total. The van der Waals surface area contributed by atoms with Crippen LogP contribution in [-0.2, 0) is 0 Å². The standard InChI is InChI=1S/C32H40.2Li/c1-7-23(3)25(5)31(27-16-11-9-12-17-27)29-20-15-21-30(22-29)32(26(6)24(4)8-2)28-18-13-10-14-19-28;;/h9-26H,7-8H2,1-6H3;;/q-2;2*+1. The van der Waals surface area contributed by atoms with Crippen molar-refractivity contribution in [3.63, 3.8) is 0 Å². The van der Waals surface area contributed by atoms with Crippen molar-refractivity contribution in [2.45, 2.75) is 54.4 Å². The molecule has 34 heavy (non-hydrogen) atoms. The second-order valence-corrected chi connectivity index (χ2v) is 9.49. The molecule has 4 atom stereocenters. The van der Waals surface area contributed by atoms with Gasteiger partial charge < -0.3 is 0 Å². The fourth-order valence-electron chi connectivity index (χ4n) is 4.75. The van der Waals surface area contributed by atoms with Gasteiger partial charge in [0.1, 0.15) is 0 Å². The van der Waals surface area contributed by atoms with Crippen molar-refractivity contribution in [2.24, 2.45) is 23.7 Å². The van der Waals surface area contributed by atoms with Gasteiger partial charge in [-0.1, -0.05) is 90.8 Å². The minimum absolute atomic E-state index is 0. The number of hydrogen-bond acceptors (Lipinski definition) is 0. The van der Waals surface area contributed by atoms with Crippen LogP contribution in [-0.4, -0.2) is 0 Å². The Morgan fingerprint density at radius 1 is 0.500 bits per heavy atom. The van der Waals surface area contributed by atoms with E-state index in [1.54, 1.807) is 0 Å². The van der Waals surface area contributed by atoms with Gasteiger partial charge in [-0.3, -0.25) is 0 Å². The van der Waals surface area contributed by atoms with Crippen molar-refractivity contribution in [1.29, 1.82) is 0 Å². The van der Waals surface area contributed by atoms with Crippen LogP contribution >= 0.6 is 0 Å². The Bertz CT molecular complexity index is 863. The average Bonchev–Trinajstić information content (AvgIpc) is 2.84. The summed E-state index contributed by atoms with van der Waals surface area (Å²) >= 11 is 0. The summed E-state index contributed by atoms with van der Waals surface area (Å²) in [5.74, 6) is 5.17. The van der Waals surface area contributed by atoms with E-state index in [-0.39, 0.29) is 37.7 Å². The van der Waals surface area contributed by atoms with Gasteiger partial charge in [0.25, 0.3) is 0 Å². The van der Waals surface area contributed by atoms with Crippen molar-refractivity contribution in [2.75, 3.05) is 0 Å². The Kier molecular flexibility index (Phi) is 13.4. The molecule has 2 heteroatoms. The topological polar surface area (TPSA) is 0 Å². The molecule has 3 aromatic rings. The molecule has 0 spiro atoms. The van der Waals surface area contributed by atoms with Crippen LogP contribution in [0.15, 0.2) is 84.9 Å². The summed E-state index contributed by atoms with van der Waals surface area (Å²) in [6.45, 7) is 14.2. The SMILES string of the molecule is CCC(C)C(C)[C-](c1ccccc1)c1cccc([C-](c2ccccc2)C(C)C(C)CC)c1.[Li+].[Li+]. The van der Waals surface area contributed by atoms with Crippen LogP contribution < -0.4 is 37.7 Å². The number of hydrogen-bond donors (Lipinski definition) is 0. The molecule has 3 rings (SSSR count). The monoisotopic (exact) mass is 438 g/mol. The van der Waals surface area contributed by atoms with Gasteiger partial charge >= 0.3 is 37.7 Å². The van der Waals surface area contributed by atoms with Crippen molar-refractivity contribution < 1.29 is 37.7 Å². The van der Waals surface area contributed by atoms with E-state index in [2.05, 4.69) is 126 Å². The summed E-state index contributed by atoms with van der Waals surface area (Å²) in [5, 5.41) is 0. The van der Waals surface area contributed by atoms with Crippen LogP contribution in [0.1, 0.15) is 76.6 Å². The predicted octanol–water partition coefficient (Wildman–Crippen LogP) is 3.00. The van der Waals surface area contributed by atoms with Crippen LogP contribution in [0.3, 0.4) is 0 Å². The molecule has 4 unspecified atom stereocenters. The zero-order valence-electron chi connectivity index (χ0n) is 22.8. The third-order valence-corrected chi connectivity index (χ3v) is 7.56. The Balaban J connectivity index is 0.00000289. The molecule has 0 aromatic heterocycles. The molecule has 0 heterocycles. The first-order valence-corrected chi connectivity index (χ1v) is 12.4. The minimum Gasteiger partial charge on any atom is -0.129 e. The summed E-state index contributed by atoms with van der Waals surface area (Å²) in [4.78, 5) is 0. The van der Waals surface area contributed by atoms with Gasteiger partial charge in [-0.15, -0.1) is 82.6 Å². The van der Waals surface area contributed by atoms with Gasteiger partial charge in [-0.2, -0.15) is 0 Å². The van der Waals surface area contributed by atoms with Gasteiger partial charge in [0.05, 0.1) is 0 Å². The van der Waals surface area contributed by atoms with E-state index in [0.29, 0.717) is 23.7 Å². The third-order valence-electron chi connectivity index (χ3n) is 7.56. The summed E-state index contributed by atoms with van der Waals surface area (Å²) in [6, 6.07) is 31.3. The van der Waals surface area contributed by atoms with E-state index < -0.39 is 0 Å². The second kappa shape index (κ2) is 14.9. The first-order chi connectivity index (χ1) is 15.5. The van der Waals surface area contributed by atoms with Gasteiger partial charge in [0.15, 0.2) is 0 Å². The normalized spacial score (nSPS) is 14.1. The first kappa shape index (κ1) is 30.6. The van der Waals surface area contributed by atoms with Crippen molar-refractivity contribution in [3.05, 3.63) is 119 Å². The maximum absolute atomic E-state index is 2.45. The summed E-state index contributed by atoms with van der Waals surface area (Å²) in [6.07, 6.45) is 2.37. The second-order valence-electron chi connectivity index (χ2n) is 9.49. The molecule has 0 saturated heterocycles. The third kappa shape index (κ3) is 7.30. The predicted molar refractivity (Wildman–Crippen MR) is 139 cm³/mol. The Morgan fingerprint density at radius 2 is 0.824 bits per heavy atom. The molecule has 0 fully saturated rings. The zero-order valence-corrected chi connectivity index (χ0v) is 22.8. The molecule has 3 aromatic carbocycles. The van der Waals surface area contributed by atoms with Crippen molar-refractivity contribution in [3.8, 4) is 0 Å². The van der Waals surface area contributed by atoms with Gasteiger partial charge in [0, 0.05) is 0 Å². The maximum Gasteiger partial charge on any atom is 1.00 e. The fraction of sp³-hybridized carbons (Fsp3) is 0.375. The van der Waals surface area contributed by atoms with Crippen molar-refractivity contribution >= 4 is 0 Å². The zero-order chi connectivity index (χ0) is 23.1. The molecule has 170 valence electrons. The quantitative estimate of drug-likeness (QED) is 0.337. The Labute approximate surface area is 233 Å². The molecule has 0 amide bonds. The van der Waals surface area contributed by atoms with Gasteiger partial charge in [-0.25, -0.2) is 0 Å². The smallest absolute Gasteiger partial charge is 0.129 e. The van der Waals surface area contributed by atoms with Crippen LogP contribution in [0, 0.1) is 35.5 Å². The fourth-order valence-corrected chi connectivity index (χ4v) is 4.75. The molecule has 0 aliphatic rings. The number of rotatable bonds is 10. The minimum atomic E-state index is 0. The molecule has 0 aliphatic carbocycles. The van der Waals surface area contributed by atoms with Crippen LogP contribution in [0.5, 0.6) is 0 Å². The molecule has 0 bridgehead atoms. The average molecular weight is 439 g/mol. The number of benzene rings is 3.